The van der Waals surface area contributed by atoms with E-state index in [4.69, 9.17) is 34.8 Å². The lowest BCUT2D eigenvalue weighted by Crippen LogP contribution is -2.36. The van der Waals surface area contributed by atoms with E-state index in [0.717, 1.165) is 6.21 Å². The van der Waals surface area contributed by atoms with E-state index in [1.165, 1.54) is 6.29 Å². The van der Waals surface area contributed by atoms with Gasteiger partial charge >= 0.3 is 0 Å². The number of hydrogen-bond acceptors (Lipinski definition) is 3. The van der Waals surface area contributed by atoms with Gasteiger partial charge in [-0.3, -0.25) is 9.79 Å². The molecule has 6 heteroatoms. The number of alkyl halides is 2. The third kappa shape index (κ3) is 1.72. The molecule has 0 aromatic rings. The zero-order chi connectivity index (χ0) is 8.48. The number of nitrogens with zero attached hydrogens (tertiary/aromatic N) is 2. The minimum absolute atomic E-state index is 0.107. The SMILES string of the molecule is O=[C]C1(Cl)C=NC(Cl)N=C1Cl. The molecular formula is C5H2Cl3N2O. The van der Waals surface area contributed by atoms with E-state index in [1.54, 1.807) is 0 Å². The summed E-state index contributed by atoms with van der Waals surface area (Å²) >= 11 is 16.5. The highest BCUT2D eigenvalue weighted by atomic mass is 35.5. The zero-order valence-electron chi connectivity index (χ0n) is 5.09. The molecule has 0 fully saturated rings. The van der Waals surface area contributed by atoms with Gasteiger partial charge in [0.25, 0.3) is 0 Å². The summed E-state index contributed by atoms with van der Waals surface area (Å²) in [5.74, 6) is 0. The van der Waals surface area contributed by atoms with Crippen LogP contribution in [-0.4, -0.2) is 28.2 Å². The first-order chi connectivity index (χ1) is 5.08. The van der Waals surface area contributed by atoms with Crippen LogP contribution in [0, 0.1) is 0 Å². The Labute approximate surface area is 78.1 Å². The van der Waals surface area contributed by atoms with Crippen LogP contribution in [-0.2, 0) is 4.79 Å². The molecule has 1 aliphatic heterocycles. The lowest BCUT2D eigenvalue weighted by molar-refractivity contribution is 0.554. The molecule has 0 aliphatic carbocycles. The Hall–Kier alpha value is -0.120. The standard InChI is InChI=1S/C5H2Cl3N2O/c6-3-5(8,2-11)1-9-4(7)10-3/h1,4H. The van der Waals surface area contributed by atoms with E-state index in [1.807, 2.05) is 0 Å². The first-order valence-corrected chi connectivity index (χ1v) is 3.78. The smallest absolute Gasteiger partial charge is 0.234 e. The van der Waals surface area contributed by atoms with Crippen LogP contribution in [0.1, 0.15) is 0 Å². The molecule has 11 heavy (non-hydrogen) atoms. The number of halogens is 3. The van der Waals surface area contributed by atoms with Crippen molar-refractivity contribution in [1.82, 2.24) is 0 Å². The van der Waals surface area contributed by atoms with Gasteiger partial charge in [-0.2, -0.15) is 0 Å². The second-order valence-corrected chi connectivity index (χ2v) is 3.17. The van der Waals surface area contributed by atoms with Crippen molar-refractivity contribution in [2.45, 2.75) is 10.5 Å². The summed E-state index contributed by atoms with van der Waals surface area (Å²) in [6.45, 7) is 0. The Morgan fingerprint density at radius 1 is 1.73 bits per heavy atom. The number of rotatable bonds is 1. The van der Waals surface area contributed by atoms with Gasteiger partial charge in [-0.1, -0.05) is 34.8 Å². The molecule has 1 radical (unpaired) electrons. The van der Waals surface area contributed by atoms with Crippen molar-refractivity contribution in [3.63, 3.8) is 0 Å². The number of hydrogen-bond donors (Lipinski definition) is 0. The van der Waals surface area contributed by atoms with Crippen molar-refractivity contribution >= 4 is 52.5 Å². The maximum Gasteiger partial charge on any atom is 0.234 e. The van der Waals surface area contributed by atoms with Gasteiger partial charge in [0.2, 0.25) is 11.9 Å². The van der Waals surface area contributed by atoms with Crippen LogP contribution in [0.15, 0.2) is 9.98 Å². The molecule has 2 atom stereocenters. The molecule has 0 aromatic carbocycles. The van der Waals surface area contributed by atoms with Crippen LogP contribution in [0.5, 0.6) is 0 Å². The van der Waals surface area contributed by atoms with Crippen molar-refractivity contribution in [1.29, 1.82) is 0 Å². The monoisotopic (exact) mass is 211 g/mol. The van der Waals surface area contributed by atoms with Gasteiger partial charge < -0.3 is 0 Å². The van der Waals surface area contributed by atoms with E-state index in [-0.39, 0.29) is 5.17 Å². The van der Waals surface area contributed by atoms with Crippen LogP contribution in [0.2, 0.25) is 0 Å². The van der Waals surface area contributed by atoms with Gasteiger partial charge in [0.15, 0.2) is 4.87 Å². The van der Waals surface area contributed by atoms with Crippen molar-refractivity contribution in [3.8, 4) is 0 Å². The lowest BCUT2D eigenvalue weighted by atomic mass is 10.2. The van der Waals surface area contributed by atoms with Crippen LogP contribution in [0.4, 0.5) is 0 Å². The molecule has 3 nitrogen and oxygen atoms in total. The quantitative estimate of drug-likeness (QED) is 0.477. The summed E-state index contributed by atoms with van der Waals surface area (Å²) < 4.78 is 0. The highest BCUT2D eigenvalue weighted by Gasteiger charge is 2.34. The molecule has 0 N–H and O–H groups in total. The van der Waals surface area contributed by atoms with Gasteiger partial charge in [0.05, 0.1) is 0 Å². The predicted molar refractivity (Wildman–Crippen MR) is 45.7 cm³/mol. The summed E-state index contributed by atoms with van der Waals surface area (Å²) in [7, 11) is 0. The molecule has 2 unspecified atom stereocenters. The van der Waals surface area contributed by atoms with Crippen molar-refractivity contribution in [2.75, 3.05) is 0 Å². The van der Waals surface area contributed by atoms with Crippen LogP contribution >= 0.6 is 34.8 Å². The molecule has 0 amide bonds. The van der Waals surface area contributed by atoms with E-state index in [2.05, 4.69) is 9.98 Å². The highest BCUT2D eigenvalue weighted by Crippen LogP contribution is 2.21. The Bertz CT molecular complexity index is 240. The number of aliphatic imine (C=N–C) groups is 2. The normalized spacial score (nSPS) is 36.6. The van der Waals surface area contributed by atoms with Crippen molar-refractivity contribution in [3.05, 3.63) is 0 Å². The topological polar surface area (TPSA) is 41.8 Å². The van der Waals surface area contributed by atoms with E-state index in [0.29, 0.717) is 0 Å². The maximum absolute atomic E-state index is 10.2. The molecule has 0 bridgehead atoms. The van der Waals surface area contributed by atoms with E-state index in [9.17, 15) is 4.79 Å². The fraction of sp³-hybridized carbons (Fsp3) is 0.400. The van der Waals surface area contributed by atoms with Gasteiger partial charge in [-0.25, -0.2) is 4.99 Å². The van der Waals surface area contributed by atoms with Gasteiger partial charge in [-0.15, -0.1) is 0 Å². The third-order valence-electron chi connectivity index (χ3n) is 1.04. The van der Waals surface area contributed by atoms with Crippen LogP contribution in [0.25, 0.3) is 0 Å². The fourth-order valence-corrected chi connectivity index (χ4v) is 0.996. The molecule has 1 rings (SSSR count). The first-order valence-electron chi connectivity index (χ1n) is 2.59. The molecule has 1 heterocycles. The summed E-state index contributed by atoms with van der Waals surface area (Å²) in [6, 6.07) is 0. The van der Waals surface area contributed by atoms with Crippen LogP contribution in [0.3, 0.4) is 0 Å². The van der Waals surface area contributed by atoms with Gasteiger partial charge in [0.1, 0.15) is 5.17 Å². The Balaban J connectivity index is 2.96. The van der Waals surface area contributed by atoms with Crippen molar-refractivity contribution in [2.24, 2.45) is 9.98 Å². The van der Waals surface area contributed by atoms with E-state index >= 15 is 0 Å². The minimum Gasteiger partial charge on any atom is -0.288 e. The fourth-order valence-electron chi connectivity index (χ4n) is 0.507. The molecule has 0 saturated heterocycles. The molecule has 0 spiro atoms. The first kappa shape index (κ1) is 8.97. The van der Waals surface area contributed by atoms with Crippen molar-refractivity contribution < 1.29 is 4.79 Å². The zero-order valence-corrected chi connectivity index (χ0v) is 7.36. The second kappa shape index (κ2) is 3.09. The Morgan fingerprint density at radius 2 is 2.36 bits per heavy atom. The Kier molecular flexibility index (Phi) is 2.52. The average Bonchev–Trinajstić information content (AvgIpc) is 1.98. The predicted octanol–water partition coefficient (Wildman–Crippen LogP) is 1.32. The molecule has 0 saturated carbocycles. The molecule has 59 valence electrons. The van der Waals surface area contributed by atoms with Gasteiger partial charge in [0, 0.05) is 6.21 Å². The Morgan fingerprint density at radius 3 is 2.82 bits per heavy atom. The lowest BCUT2D eigenvalue weighted by Gasteiger charge is -2.16. The highest BCUT2D eigenvalue weighted by molar-refractivity contribution is 6.78. The third-order valence-corrected chi connectivity index (χ3v) is 2.10. The van der Waals surface area contributed by atoms with Gasteiger partial charge in [-0.05, 0) is 0 Å². The average molecular weight is 212 g/mol. The summed E-state index contributed by atoms with van der Waals surface area (Å²) in [5, 5.41) is -0.107. The summed E-state index contributed by atoms with van der Waals surface area (Å²) in [5.41, 5.74) is -0.789. The summed E-state index contributed by atoms with van der Waals surface area (Å²) in [6.07, 6.45) is 2.61. The minimum atomic E-state index is -1.53. The van der Waals surface area contributed by atoms with Crippen LogP contribution < -0.4 is 0 Å². The van der Waals surface area contributed by atoms with E-state index < -0.39 is 10.5 Å². The summed E-state index contributed by atoms with van der Waals surface area (Å²) in [4.78, 5) is 15.8. The molecular weight excluding hydrogens is 210 g/mol. The molecule has 0 aromatic heterocycles. The molecule has 1 aliphatic rings. The second-order valence-electron chi connectivity index (χ2n) is 1.82. The number of carbonyl (C=O) groups excluding carboxylic acids is 1. The largest absolute Gasteiger partial charge is 0.288 e. The maximum atomic E-state index is 10.2.